The van der Waals surface area contributed by atoms with Gasteiger partial charge in [0.2, 0.25) is 6.08 Å². The predicted octanol–water partition coefficient (Wildman–Crippen LogP) is 2.62. The minimum atomic E-state index is 0.0275. The fourth-order valence-corrected chi connectivity index (χ4v) is 1.98. The van der Waals surface area contributed by atoms with Crippen LogP contribution in [-0.2, 0) is 11.3 Å². The SMILES string of the molecule is COc1c(C)c(Br)c(C)c(CN=C=O)c1O. The van der Waals surface area contributed by atoms with Crippen molar-refractivity contribution in [2.75, 3.05) is 7.11 Å². The normalized spacial score (nSPS) is 9.75. The van der Waals surface area contributed by atoms with E-state index in [-0.39, 0.29) is 12.3 Å². The van der Waals surface area contributed by atoms with Gasteiger partial charge in [-0.1, -0.05) is 15.9 Å². The largest absolute Gasteiger partial charge is 0.504 e. The molecule has 0 radical (unpaired) electrons. The summed E-state index contributed by atoms with van der Waals surface area (Å²) < 4.78 is 5.96. The van der Waals surface area contributed by atoms with Crippen molar-refractivity contribution in [3.05, 3.63) is 21.2 Å². The van der Waals surface area contributed by atoms with Gasteiger partial charge in [0, 0.05) is 15.6 Å². The molecule has 0 saturated heterocycles. The standard InChI is InChI=1S/C11H12BrNO3/c1-6-8(4-13-5-14)10(15)11(16-3)7(2)9(6)12/h15H,4H2,1-3H3. The number of ether oxygens (including phenoxy) is 1. The predicted molar refractivity (Wildman–Crippen MR) is 63.7 cm³/mol. The summed E-state index contributed by atoms with van der Waals surface area (Å²) in [7, 11) is 1.48. The first-order valence-corrected chi connectivity index (χ1v) is 5.42. The Hall–Kier alpha value is -1.32. The number of aliphatic imine (C=N–C) groups is 1. The molecule has 0 unspecified atom stereocenters. The molecule has 0 aliphatic rings. The molecule has 0 aromatic heterocycles. The van der Waals surface area contributed by atoms with Crippen molar-refractivity contribution in [2.24, 2.45) is 4.99 Å². The number of isocyanates is 1. The third kappa shape index (κ3) is 2.10. The van der Waals surface area contributed by atoms with Gasteiger partial charge in [0.1, 0.15) is 0 Å². The Morgan fingerprint density at radius 3 is 2.56 bits per heavy atom. The maximum Gasteiger partial charge on any atom is 0.235 e. The highest BCUT2D eigenvalue weighted by molar-refractivity contribution is 9.10. The lowest BCUT2D eigenvalue weighted by molar-refractivity contribution is 0.367. The topological polar surface area (TPSA) is 58.9 Å². The van der Waals surface area contributed by atoms with E-state index in [9.17, 15) is 9.90 Å². The van der Waals surface area contributed by atoms with Crippen molar-refractivity contribution >= 4 is 22.0 Å². The molecule has 5 heteroatoms. The number of rotatable bonds is 3. The molecule has 0 atom stereocenters. The van der Waals surface area contributed by atoms with E-state index in [2.05, 4.69) is 20.9 Å². The summed E-state index contributed by atoms with van der Waals surface area (Å²) in [5.41, 5.74) is 2.23. The highest BCUT2D eigenvalue weighted by atomic mass is 79.9. The van der Waals surface area contributed by atoms with Crippen LogP contribution in [-0.4, -0.2) is 18.3 Å². The number of hydrogen-bond acceptors (Lipinski definition) is 4. The van der Waals surface area contributed by atoms with Crippen LogP contribution in [0.25, 0.3) is 0 Å². The zero-order valence-electron chi connectivity index (χ0n) is 9.30. The third-order valence-corrected chi connectivity index (χ3v) is 3.65. The highest BCUT2D eigenvalue weighted by Crippen LogP contribution is 2.41. The minimum Gasteiger partial charge on any atom is -0.504 e. The number of hydrogen-bond donors (Lipinski definition) is 1. The van der Waals surface area contributed by atoms with Crippen molar-refractivity contribution in [2.45, 2.75) is 20.4 Å². The molecule has 1 aromatic rings. The minimum absolute atomic E-state index is 0.0275. The van der Waals surface area contributed by atoms with Gasteiger partial charge in [-0.15, -0.1) is 0 Å². The van der Waals surface area contributed by atoms with Crippen LogP contribution in [0.15, 0.2) is 9.47 Å². The lowest BCUT2D eigenvalue weighted by Crippen LogP contribution is -1.97. The molecule has 0 heterocycles. The summed E-state index contributed by atoms with van der Waals surface area (Å²) in [6.07, 6.45) is 1.45. The van der Waals surface area contributed by atoms with Gasteiger partial charge < -0.3 is 9.84 Å². The van der Waals surface area contributed by atoms with Crippen molar-refractivity contribution < 1.29 is 14.6 Å². The molecule has 0 saturated carbocycles. The molecule has 0 spiro atoms. The van der Waals surface area contributed by atoms with E-state index < -0.39 is 0 Å². The van der Waals surface area contributed by atoms with Crippen LogP contribution in [0.3, 0.4) is 0 Å². The van der Waals surface area contributed by atoms with Crippen LogP contribution in [0.2, 0.25) is 0 Å². The van der Waals surface area contributed by atoms with Crippen LogP contribution in [0, 0.1) is 13.8 Å². The van der Waals surface area contributed by atoms with Gasteiger partial charge in [-0.25, -0.2) is 9.79 Å². The molecule has 0 aliphatic heterocycles. The molecule has 86 valence electrons. The molecule has 1 N–H and O–H groups in total. The second-order valence-corrected chi connectivity index (χ2v) is 4.12. The van der Waals surface area contributed by atoms with Crippen LogP contribution < -0.4 is 4.74 Å². The quantitative estimate of drug-likeness (QED) is 0.686. The second-order valence-electron chi connectivity index (χ2n) is 3.33. The van der Waals surface area contributed by atoms with Gasteiger partial charge in [-0.2, -0.15) is 0 Å². The van der Waals surface area contributed by atoms with Gasteiger partial charge >= 0.3 is 0 Å². The number of carbonyl (C=O) groups excluding carboxylic acids is 1. The number of halogens is 1. The Balaban J connectivity index is 3.48. The van der Waals surface area contributed by atoms with Crippen molar-refractivity contribution in [3.8, 4) is 11.5 Å². The maximum absolute atomic E-state index is 10.1. The van der Waals surface area contributed by atoms with E-state index in [0.717, 1.165) is 15.6 Å². The summed E-state index contributed by atoms with van der Waals surface area (Å²) in [6, 6.07) is 0. The summed E-state index contributed by atoms with van der Waals surface area (Å²) in [4.78, 5) is 13.6. The van der Waals surface area contributed by atoms with Crippen LogP contribution >= 0.6 is 15.9 Å². The number of benzene rings is 1. The summed E-state index contributed by atoms with van der Waals surface area (Å²) >= 11 is 3.42. The van der Waals surface area contributed by atoms with E-state index in [4.69, 9.17) is 4.74 Å². The Kier molecular flexibility index (Phi) is 4.10. The summed E-state index contributed by atoms with van der Waals surface area (Å²) in [5, 5.41) is 9.97. The average molecular weight is 286 g/mol. The van der Waals surface area contributed by atoms with Crippen molar-refractivity contribution in [3.63, 3.8) is 0 Å². The first kappa shape index (κ1) is 12.7. The zero-order valence-corrected chi connectivity index (χ0v) is 10.9. The molecule has 1 rings (SSSR count). The first-order valence-electron chi connectivity index (χ1n) is 4.62. The van der Waals surface area contributed by atoms with Gasteiger partial charge in [0.15, 0.2) is 11.5 Å². The van der Waals surface area contributed by atoms with E-state index in [0.29, 0.717) is 11.3 Å². The number of phenolic OH excluding ortho intramolecular Hbond substituents is 1. The maximum atomic E-state index is 10.1. The summed E-state index contributed by atoms with van der Waals surface area (Å²) in [6.45, 7) is 3.77. The van der Waals surface area contributed by atoms with Gasteiger partial charge in [-0.3, -0.25) is 0 Å². The molecular formula is C11H12BrNO3. The third-order valence-electron chi connectivity index (χ3n) is 2.46. The molecule has 0 amide bonds. The summed E-state index contributed by atoms with van der Waals surface area (Å²) in [5.74, 6) is 0.424. The lowest BCUT2D eigenvalue weighted by atomic mass is 10.0. The number of phenols is 1. The van der Waals surface area contributed by atoms with Crippen molar-refractivity contribution in [1.82, 2.24) is 0 Å². The lowest BCUT2D eigenvalue weighted by Gasteiger charge is -2.15. The fourth-order valence-electron chi connectivity index (χ4n) is 1.56. The Morgan fingerprint density at radius 1 is 1.44 bits per heavy atom. The van der Waals surface area contributed by atoms with E-state index in [1.54, 1.807) is 0 Å². The Bertz CT molecular complexity index is 465. The van der Waals surface area contributed by atoms with Gasteiger partial charge in [0.05, 0.1) is 13.7 Å². The number of aromatic hydroxyl groups is 1. The zero-order chi connectivity index (χ0) is 12.3. The molecule has 0 fully saturated rings. The molecule has 1 aromatic carbocycles. The molecule has 0 aliphatic carbocycles. The van der Waals surface area contributed by atoms with Crippen molar-refractivity contribution in [1.29, 1.82) is 0 Å². The van der Waals surface area contributed by atoms with Crippen LogP contribution in [0.1, 0.15) is 16.7 Å². The Morgan fingerprint density at radius 2 is 2.06 bits per heavy atom. The molecule has 16 heavy (non-hydrogen) atoms. The monoisotopic (exact) mass is 285 g/mol. The molecule has 4 nitrogen and oxygen atoms in total. The van der Waals surface area contributed by atoms with Crippen LogP contribution in [0.5, 0.6) is 11.5 Å². The highest BCUT2D eigenvalue weighted by Gasteiger charge is 2.18. The van der Waals surface area contributed by atoms with E-state index in [1.807, 2.05) is 13.8 Å². The number of methoxy groups -OCH3 is 1. The molecular weight excluding hydrogens is 274 g/mol. The van der Waals surface area contributed by atoms with Crippen LogP contribution in [0.4, 0.5) is 0 Å². The number of nitrogens with zero attached hydrogens (tertiary/aromatic N) is 1. The van der Waals surface area contributed by atoms with Gasteiger partial charge in [-0.05, 0) is 19.4 Å². The smallest absolute Gasteiger partial charge is 0.235 e. The van der Waals surface area contributed by atoms with E-state index >= 15 is 0 Å². The first-order chi connectivity index (χ1) is 7.54. The second kappa shape index (κ2) is 5.14. The van der Waals surface area contributed by atoms with E-state index in [1.165, 1.54) is 13.2 Å². The fraction of sp³-hybridized carbons (Fsp3) is 0.364. The average Bonchev–Trinajstić information content (AvgIpc) is 2.27. The Labute approximate surface area is 102 Å². The van der Waals surface area contributed by atoms with Gasteiger partial charge in [0.25, 0.3) is 0 Å². The molecule has 0 bridgehead atoms.